The summed E-state index contributed by atoms with van der Waals surface area (Å²) in [4.78, 5) is 14.4. The van der Waals surface area contributed by atoms with E-state index in [0.29, 0.717) is 19.6 Å². The van der Waals surface area contributed by atoms with Gasteiger partial charge in [0, 0.05) is 31.7 Å². The summed E-state index contributed by atoms with van der Waals surface area (Å²) in [6, 6.07) is 7.97. The van der Waals surface area contributed by atoms with Crippen molar-refractivity contribution in [3.63, 3.8) is 0 Å². The summed E-state index contributed by atoms with van der Waals surface area (Å²) in [5.74, 6) is 0.834. The molecule has 1 saturated heterocycles. The summed E-state index contributed by atoms with van der Waals surface area (Å²) < 4.78 is 5.20. The van der Waals surface area contributed by atoms with E-state index in [4.69, 9.17) is 4.74 Å². The molecule has 1 aliphatic heterocycles. The van der Waals surface area contributed by atoms with E-state index in [1.54, 1.807) is 7.11 Å². The van der Waals surface area contributed by atoms with Crippen LogP contribution < -0.4 is 10.1 Å². The minimum absolute atomic E-state index is 0.000848. The Morgan fingerprint density at radius 2 is 1.88 bits per heavy atom. The molecule has 0 aromatic heterocycles. The number of likely N-dealkylation sites (tertiary alicyclic amines) is 1. The molecule has 5 nitrogen and oxygen atoms in total. The number of aliphatic hydroxyl groups excluding tert-OH is 1. The molecule has 0 spiro atoms. The van der Waals surface area contributed by atoms with Gasteiger partial charge in [-0.2, -0.15) is 0 Å². The predicted octanol–water partition coefficient (Wildman–Crippen LogP) is 3.17. The topological polar surface area (TPSA) is 61.8 Å². The Balaban J connectivity index is 1.88. The van der Waals surface area contributed by atoms with Gasteiger partial charge in [0.1, 0.15) is 5.75 Å². The summed E-state index contributed by atoms with van der Waals surface area (Å²) in [7, 11) is 1.66. The highest BCUT2D eigenvalue weighted by atomic mass is 16.5. The Hall–Kier alpha value is -1.75. The molecular formula is C20H32N2O3. The average molecular weight is 348 g/mol. The van der Waals surface area contributed by atoms with Crippen LogP contribution in [0.4, 0.5) is 4.79 Å². The van der Waals surface area contributed by atoms with Gasteiger partial charge < -0.3 is 20.1 Å². The highest BCUT2D eigenvalue weighted by molar-refractivity contribution is 5.74. The SMILES string of the molecule is CCC1(CO)CCN(C(=O)NCC(C)(C)c2ccc(OC)cc2)CC1. The van der Waals surface area contributed by atoms with E-state index in [1.165, 1.54) is 0 Å². The van der Waals surface area contributed by atoms with Gasteiger partial charge in [0.05, 0.1) is 7.11 Å². The van der Waals surface area contributed by atoms with Gasteiger partial charge in [-0.25, -0.2) is 4.79 Å². The average Bonchev–Trinajstić information content (AvgIpc) is 2.66. The summed E-state index contributed by atoms with van der Waals surface area (Å²) in [5.41, 5.74) is 1.01. The zero-order chi connectivity index (χ0) is 18.5. The van der Waals surface area contributed by atoms with E-state index in [1.807, 2.05) is 29.2 Å². The molecule has 2 rings (SSSR count). The monoisotopic (exact) mass is 348 g/mol. The number of aliphatic hydroxyl groups is 1. The number of hydrogen-bond donors (Lipinski definition) is 2. The van der Waals surface area contributed by atoms with Crippen LogP contribution in [0, 0.1) is 5.41 Å². The van der Waals surface area contributed by atoms with E-state index in [2.05, 4.69) is 26.1 Å². The van der Waals surface area contributed by atoms with Gasteiger partial charge >= 0.3 is 6.03 Å². The fourth-order valence-electron chi connectivity index (χ4n) is 3.36. The van der Waals surface area contributed by atoms with Crippen molar-refractivity contribution in [2.24, 2.45) is 5.41 Å². The highest BCUT2D eigenvalue weighted by Crippen LogP contribution is 2.34. The van der Waals surface area contributed by atoms with Crippen molar-refractivity contribution < 1.29 is 14.6 Å². The van der Waals surface area contributed by atoms with Gasteiger partial charge in [-0.1, -0.05) is 32.9 Å². The van der Waals surface area contributed by atoms with Crippen molar-refractivity contribution in [1.29, 1.82) is 0 Å². The van der Waals surface area contributed by atoms with E-state index in [-0.39, 0.29) is 23.5 Å². The van der Waals surface area contributed by atoms with Crippen molar-refractivity contribution >= 4 is 6.03 Å². The third-order valence-electron chi connectivity index (χ3n) is 5.75. The molecule has 1 aromatic carbocycles. The maximum atomic E-state index is 12.5. The molecule has 140 valence electrons. The molecule has 0 saturated carbocycles. The summed E-state index contributed by atoms with van der Waals surface area (Å²) >= 11 is 0. The number of urea groups is 1. The van der Waals surface area contributed by atoms with E-state index < -0.39 is 0 Å². The first-order valence-corrected chi connectivity index (χ1v) is 9.14. The van der Waals surface area contributed by atoms with Crippen molar-refractivity contribution in [3.05, 3.63) is 29.8 Å². The van der Waals surface area contributed by atoms with E-state index in [0.717, 1.165) is 30.6 Å². The highest BCUT2D eigenvalue weighted by Gasteiger charge is 2.34. The Morgan fingerprint density at radius 3 is 2.36 bits per heavy atom. The fourth-order valence-corrected chi connectivity index (χ4v) is 3.36. The van der Waals surface area contributed by atoms with Crippen LogP contribution in [0.1, 0.15) is 45.6 Å². The number of methoxy groups -OCH3 is 1. The number of nitrogens with one attached hydrogen (secondary N) is 1. The second-order valence-corrected chi connectivity index (χ2v) is 7.77. The first-order valence-electron chi connectivity index (χ1n) is 9.14. The van der Waals surface area contributed by atoms with Crippen LogP contribution >= 0.6 is 0 Å². The van der Waals surface area contributed by atoms with Crippen molar-refractivity contribution in [2.45, 2.75) is 45.4 Å². The van der Waals surface area contributed by atoms with Crippen LogP contribution in [0.5, 0.6) is 5.75 Å². The second-order valence-electron chi connectivity index (χ2n) is 7.77. The van der Waals surface area contributed by atoms with Crippen LogP contribution in [0.2, 0.25) is 0 Å². The number of piperidine rings is 1. The largest absolute Gasteiger partial charge is 0.497 e. The first kappa shape index (κ1) is 19.6. The number of rotatable bonds is 6. The van der Waals surface area contributed by atoms with Gasteiger partial charge in [-0.3, -0.25) is 0 Å². The molecule has 0 radical (unpaired) electrons. The molecule has 2 N–H and O–H groups in total. The van der Waals surface area contributed by atoms with E-state index >= 15 is 0 Å². The Labute approximate surface area is 151 Å². The lowest BCUT2D eigenvalue weighted by Gasteiger charge is -2.40. The second kappa shape index (κ2) is 8.09. The number of amides is 2. The van der Waals surface area contributed by atoms with Crippen molar-refractivity contribution in [1.82, 2.24) is 10.2 Å². The molecule has 5 heteroatoms. The zero-order valence-corrected chi connectivity index (χ0v) is 16.0. The quantitative estimate of drug-likeness (QED) is 0.830. The van der Waals surface area contributed by atoms with Gasteiger partial charge in [-0.15, -0.1) is 0 Å². The van der Waals surface area contributed by atoms with Crippen LogP contribution in [0.15, 0.2) is 24.3 Å². The minimum Gasteiger partial charge on any atom is -0.497 e. The van der Waals surface area contributed by atoms with Gasteiger partial charge in [0.15, 0.2) is 0 Å². The standard InChI is InChI=1S/C20H32N2O3/c1-5-20(15-23)10-12-22(13-11-20)18(24)21-14-19(2,3)16-6-8-17(25-4)9-7-16/h6-9,23H,5,10-15H2,1-4H3,(H,21,24). The molecule has 25 heavy (non-hydrogen) atoms. The molecule has 0 atom stereocenters. The van der Waals surface area contributed by atoms with Crippen LogP contribution in [0.25, 0.3) is 0 Å². The Kier molecular flexibility index (Phi) is 6.33. The van der Waals surface area contributed by atoms with Gasteiger partial charge in [0.25, 0.3) is 0 Å². The fraction of sp³-hybridized carbons (Fsp3) is 0.650. The molecular weight excluding hydrogens is 316 g/mol. The molecule has 1 fully saturated rings. The Bertz CT molecular complexity index is 555. The zero-order valence-electron chi connectivity index (χ0n) is 16.0. The van der Waals surface area contributed by atoms with Crippen LogP contribution in [-0.4, -0.2) is 49.4 Å². The lowest BCUT2D eigenvalue weighted by Crippen LogP contribution is -2.50. The number of ether oxygens (including phenoxy) is 1. The molecule has 1 aliphatic rings. The van der Waals surface area contributed by atoms with Gasteiger partial charge in [-0.05, 0) is 42.4 Å². The third-order valence-corrected chi connectivity index (χ3v) is 5.75. The number of carbonyl (C=O) groups is 1. The first-order chi connectivity index (χ1) is 11.9. The van der Waals surface area contributed by atoms with Crippen LogP contribution in [0.3, 0.4) is 0 Å². The number of nitrogens with zero attached hydrogens (tertiary/aromatic N) is 1. The minimum atomic E-state index is -0.157. The van der Waals surface area contributed by atoms with E-state index in [9.17, 15) is 9.90 Å². The predicted molar refractivity (Wildman–Crippen MR) is 100 cm³/mol. The molecule has 0 bridgehead atoms. The summed E-state index contributed by atoms with van der Waals surface area (Å²) in [5, 5.41) is 12.7. The molecule has 0 unspecified atom stereocenters. The molecule has 1 heterocycles. The Morgan fingerprint density at radius 1 is 1.28 bits per heavy atom. The summed E-state index contributed by atoms with van der Waals surface area (Å²) in [6.07, 6.45) is 2.70. The summed E-state index contributed by atoms with van der Waals surface area (Å²) in [6.45, 7) is 8.57. The normalized spacial score (nSPS) is 17.2. The van der Waals surface area contributed by atoms with Crippen molar-refractivity contribution in [3.8, 4) is 5.75 Å². The van der Waals surface area contributed by atoms with Crippen molar-refractivity contribution in [2.75, 3.05) is 33.4 Å². The third kappa shape index (κ3) is 4.66. The lowest BCUT2D eigenvalue weighted by molar-refractivity contribution is 0.0518. The lowest BCUT2D eigenvalue weighted by atomic mass is 9.77. The number of carbonyl (C=O) groups excluding carboxylic acids is 1. The molecule has 1 aromatic rings. The maximum Gasteiger partial charge on any atom is 0.317 e. The smallest absolute Gasteiger partial charge is 0.317 e. The maximum absolute atomic E-state index is 12.5. The number of benzene rings is 1. The van der Waals surface area contributed by atoms with Gasteiger partial charge in [0.2, 0.25) is 0 Å². The van der Waals surface area contributed by atoms with Crippen LogP contribution in [-0.2, 0) is 5.41 Å². The molecule has 2 amide bonds. The number of hydrogen-bond acceptors (Lipinski definition) is 3. The molecule has 0 aliphatic carbocycles.